The lowest BCUT2D eigenvalue weighted by Crippen LogP contribution is -2.27. The van der Waals surface area contributed by atoms with Crippen LogP contribution in [-0.2, 0) is 11.3 Å². The molecule has 1 atom stereocenters. The van der Waals surface area contributed by atoms with Crippen LogP contribution >= 0.6 is 0 Å². The van der Waals surface area contributed by atoms with Crippen molar-refractivity contribution in [2.75, 3.05) is 0 Å². The van der Waals surface area contributed by atoms with Gasteiger partial charge in [0.15, 0.2) is 0 Å². The molecule has 1 amide bonds. The van der Waals surface area contributed by atoms with Gasteiger partial charge < -0.3 is 4.90 Å². The second kappa shape index (κ2) is 7.31. The van der Waals surface area contributed by atoms with Gasteiger partial charge in [0, 0.05) is 18.5 Å². The molecule has 1 unspecified atom stereocenters. The maximum atomic E-state index is 12.5. The average molecular weight is 361 g/mol. The minimum Gasteiger partial charge on any atom is -0.332 e. The van der Waals surface area contributed by atoms with Gasteiger partial charge in [-0.2, -0.15) is 5.21 Å². The van der Waals surface area contributed by atoms with Gasteiger partial charge in [-0.3, -0.25) is 4.79 Å². The van der Waals surface area contributed by atoms with E-state index in [1.807, 2.05) is 23.1 Å². The zero-order chi connectivity index (χ0) is 18.8. The van der Waals surface area contributed by atoms with Crippen molar-refractivity contribution in [1.82, 2.24) is 25.5 Å². The number of carbonyl (C=O) groups is 1. The first-order chi connectivity index (χ1) is 13.2. The molecule has 4 rings (SSSR count). The number of amides is 1. The molecule has 6 heteroatoms. The van der Waals surface area contributed by atoms with Gasteiger partial charge in [0.1, 0.15) is 0 Å². The third-order valence-corrected chi connectivity index (χ3v) is 5.29. The van der Waals surface area contributed by atoms with E-state index in [-0.39, 0.29) is 11.9 Å². The summed E-state index contributed by atoms with van der Waals surface area (Å²) >= 11 is 0. The van der Waals surface area contributed by atoms with E-state index < -0.39 is 0 Å². The number of tetrazole rings is 1. The Morgan fingerprint density at radius 1 is 1.22 bits per heavy atom. The zero-order valence-corrected chi connectivity index (χ0v) is 15.6. The summed E-state index contributed by atoms with van der Waals surface area (Å²) in [5.74, 6) is 0.824. The number of aromatic amines is 1. The SMILES string of the molecule is CCCCC(=O)N1Cc2cc(-c3ccccc3-c3nn[nH]n3)ccc2C1C. The molecule has 2 aromatic carbocycles. The maximum absolute atomic E-state index is 12.5. The normalized spacial score (nSPS) is 15.8. The molecule has 0 saturated heterocycles. The zero-order valence-electron chi connectivity index (χ0n) is 15.6. The van der Waals surface area contributed by atoms with Gasteiger partial charge in [0.25, 0.3) is 0 Å². The molecule has 2 heterocycles. The van der Waals surface area contributed by atoms with Crippen molar-refractivity contribution in [2.45, 2.75) is 45.7 Å². The van der Waals surface area contributed by atoms with Gasteiger partial charge in [-0.05, 0) is 46.9 Å². The van der Waals surface area contributed by atoms with E-state index in [0.29, 0.717) is 18.8 Å². The van der Waals surface area contributed by atoms with Gasteiger partial charge in [0.05, 0.1) is 6.04 Å². The van der Waals surface area contributed by atoms with Crippen molar-refractivity contribution < 1.29 is 4.79 Å². The molecule has 3 aromatic rings. The minimum atomic E-state index is 0.130. The summed E-state index contributed by atoms with van der Waals surface area (Å²) in [4.78, 5) is 14.5. The van der Waals surface area contributed by atoms with Crippen LogP contribution in [-0.4, -0.2) is 31.4 Å². The number of carbonyl (C=O) groups excluding carboxylic acids is 1. The molecule has 0 bridgehead atoms. The van der Waals surface area contributed by atoms with Gasteiger partial charge in [-0.15, -0.1) is 10.2 Å². The van der Waals surface area contributed by atoms with E-state index in [0.717, 1.165) is 29.5 Å². The summed E-state index contributed by atoms with van der Waals surface area (Å²) in [5.41, 5.74) is 5.55. The Bertz CT molecular complexity index is 951. The van der Waals surface area contributed by atoms with Gasteiger partial charge in [-0.25, -0.2) is 0 Å². The Labute approximate surface area is 158 Å². The monoisotopic (exact) mass is 361 g/mol. The quantitative estimate of drug-likeness (QED) is 0.741. The summed E-state index contributed by atoms with van der Waals surface area (Å²) in [7, 11) is 0. The Morgan fingerprint density at radius 2 is 2.04 bits per heavy atom. The number of H-pyrrole nitrogens is 1. The molecule has 0 fully saturated rings. The van der Waals surface area contributed by atoms with Crippen LogP contribution in [0.2, 0.25) is 0 Å². The highest BCUT2D eigenvalue weighted by atomic mass is 16.2. The van der Waals surface area contributed by atoms with Crippen LogP contribution in [0.1, 0.15) is 50.3 Å². The predicted molar refractivity (Wildman–Crippen MR) is 104 cm³/mol. The van der Waals surface area contributed by atoms with Gasteiger partial charge in [-0.1, -0.05) is 49.7 Å². The highest BCUT2D eigenvalue weighted by molar-refractivity contribution is 5.82. The summed E-state index contributed by atoms with van der Waals surface area (Å²) in [6.45, 7) is 4.91. The largest absolute Gasteiger partial charge is 0.332 e. The first kappa shape index (κ1) is 17.4. The number of benzene rings is 2. The van der Waals surface area contributed by atoms with Crippen LogP contribution in [0.3, 0.4) is 0 Å². The van der Waals surface area contributed by atoms with Crippen molar-refractivity contribution in [3.8, 4) is 22.5 Å². The first-order valence-corrected chi connectivity index (χ1v) is 9.44. The molecule has 1 aliphatic rings. The topological polar surface area (TPSA) is 74.8 Å². The number of hydrogen-bond acceptors (Lipinski definition) is 4. The van der Waals surface area contributed by atoms with Crippen LogP contribution in [0.25, 0.3) is 22.5 Å². The number of fused-ring (bicyclic) bond motifs is 1. The summed E-state index contributed by atoms with van der Waals surface area (Å²) < 4.78 is 0. The van der Waals surface area contributed by atoms with Crippen molar-refractivity contribution in [3.05, 3.63) is 53.6 Å². The van der Waals surface area contributed by atoms with Crippen LogP contribution in [0.15, 0.2) is 42.5 Å². The molecule has 0 aliphatic carbocycles. The second-order valence-corrected chi connectivity index (χ2v) is 7.00. The Balaban J connectivity index is 1.66. The molecule has 1 N–H and O–H groups in total. The van der Waals surface area contributed by atoms with E-state index in [9.17, 15) is 4.79 Å². The molecule has 6 nitrogen and oxygen atoms in total. The number of nitrogens with zero attached hydrogens (tertiary/aromatic N) is 4. The van der Waals surface area contributed by atoms with Gasteiger partial charge >= 0.3 is 0 Å². The van der Waals surface area contributed by atoms with E-state index in [1.165, 1.54) is 11.1 Å². The number of nitrogens with one attached hydrogen (secondary N) is 1. The average Bonchev–Trinajstić information content (AvgIpc) is 3.34. The second-order valence-electron chi connectivity index (χ2n) is 7.00. The summed E-state index contributed by atoms with van der Waals surface area (Å²) in [5, 5.41) is 14.4. The van der Waals surface area contributed by atoms with Crippen LogP contribution < -0.4 is 0 Å². The molecular weight excluding hydrogens is 338 g/mol. The Kier molecular flexibility index (Phi) is 4.71. The molecular formula is C21H23N5O. The maximum Gasteiger partial charge on any atom is 0.223 e. The van der Waals surface area contributed by atoms with E-state index in [2.05, 4.69) is 58.7 Å². The lowest BCUT2D eigenvalue weighted by Gasteiger charge is -2.21. The third kappa shape index (κ3) is 3.23. The smallest absolute Gasteiger partial charge is 0.223 e. The van der Waals surface area contributed by atoms with E-state index >= 15 is 0 Å². The number of rotatable bonds is 5. The molecule has 1 aromatic heterocycles. The standard InChI is InChI=1S/C21H23N5O/c1-3-4-9-20(27)26-13-16-12-15(10-11-17(16)14(26)2)18-7-5-6-8-19(18)21-22-24-25-23-21/h5-8,10-12,14H,3-4,9,13H2,1-2H3,(H,22,23,24,25). The predicted octanol–water partition coefficient (Wildman–Crippen LogP) is 4.13. The van der Waals surface area contributed by atoms with Crippen molar-refractivity contribution >= 4 is 5.91 Å². The number of hydrogen-bond donors (Lipinski definition) is 1. The lowest BCUT2D eigenvalue weighted by molar-refractivity contribution is -0.133. The van der Waals surface area contributed by atoms with E-state index in [4.69, 9.17) is 0 Å². The summed E-state index contributed by atoms with van der Waals surface area (Å²) in [6.07, 6.45) is 2.61. The minimum absolute atomic E-state index is 0.130. The molecule has 0 radical (unpaired) electrons. The molecule has 0 saturated carbocycles. The molecule has 27 heavy (non-hydrogen) atoms. The third-order valence-electron chi connectivity index (χ3n) is 5.29. The van der Waals surface area contributed by atoms with Crippen LogP contribution in [0.5, 0.6) is 0 Å². The first-order valence-electron chi connectivity index (χ1n) is 9.44. The number of unbranched alkanes of at least 4 members (excludes halogenated alkanes) is 1. The van der Waals surface area contributed by atoms with Gasteiger partial charge in [0.2, 0.25) is 11.7 Å². The molecule has 138 valence electrons. The molecule has 0 spiro atoms. The summed E-state index contributed by atoms with van der Waals surface area (Å²) in [6, 6.07) is 14.6. The van der Waals surface area contributed by atoms with Crippen molar-refractivity contribution in [2.24, 2.45) is 0 Å². The highest BCUT2D eigenvalue weighted by Gasteiger charge is 2.30. The fraction of sp³-hybridized carbons (Fsp3) is 0.333. The van der Waals surface area contributed by atoms with Crippen molar-refractivity contribution in [3.63, 3.8) is 0 Å². The van der Waals surface area contributed by atoms with Crippen molar-refractivity contribution in [1.29, 1.82) is 0 Å². The van der Waals surface area contributed by atoms with Crippen LogP contribution in [0.4, 0.5) is 0 Å². The lowest BCUT2D eigenvalue weighted by atomic mass is 9.95. The Hall–Kier alpha value is -3.02. The Morgan fingerprint density at radius 3 is 2.78 bits per heavy atom. The fourth-order valence-electron chi connectivity index (χ4n) is 3.79. The fourth-order valence-corrected chi connectivity index (χ4v) is 3.79. The van der Waals surface area contributed by atoms with E-state index in [1.54, 1.807) is 0 Å². The molecule has 1 aliphatic heterocycles. The number of aromatic nitrogens is 4. The van der Waals surface area contributed by atoms with Crippen LogP contribution in [0, 0.1) is 0 Å². The highest BCUT2D eigenvalue weighted by Crippen LogP contribution is 2.38.